The van der Waals surface area contributed by atoms with Crippen molar-refractivity contribution in [2.75, 3.05) is 20.1 Å². The maximum atomic E-state index is 12.3. The highest BCUT2D eigenvalue weighted by Gasteiger charge is 2.24. The zero-order chi connectivity index (χ0) is 14.4. The largest absolute Gasteiger partial charge is 0.345 e. The number of carbonyl (C=O) groups excluding carboxylic acids is 1. The highest BCUT2D eigenvalue weighted by molar-refractivity contribution is 5.76. The van der Waals surface area contributed by atoms with E-state index in [4.69, 9.17) is 5.73 Å². The van der Waals surface area contributed by atoms with E-state index in [1.54, 1.807) is 0 Å². The van der Waals surface area contributed by atoms with Crippen molar-refractivity contribution in [2.24, 2.45) is 23.5 Å². The third-order valence-electron chi connectivity index (χ3n) is 5.45. The van der Waals surface area contributed by atoms with Crippen LogP contribution in [0.15, 0.2) is 0 Å². The van der Waals surface area contributed by atoms with Gasteiger partial charge in [-0.2, -0.15) is 0 Å². The lowest BCUT2D eigenvalue weighted by molar-refractivity contribution is -0.131. The summed E-state index contributed by atoms with van der Waals surface area (Å²) in [6.45, 7) is 1.80. The van der Waals surface area contributed by atoms with Gasteiger partial charge in [-0.1, -0.05) is 19.3 Å². The summed E-state index contributed by atoms with van der Waals surface area (Å²) >= 11 is 0. The van der Waals surface area contributed by atoms with Crippen LogP contribution in [0.2, 0.25) is 0 Å². The minimum atomic E-state index is 0.367. The van der Waals surface area contributed by atoms with Gasteiger partial charge in [-0.25, -0.2) is 0 Å². The van der Waals surface area contributed by atoms with Gasteiger partial charge in [0.15, 0.2) is 0 Å². The lowest BCUT2D eigenvalue weighted by Gasteiger charge is -2.30. The van der Waals surface area contributed by atoms with Crippen LogP contribution >= 0.6 is 0 Å². The van der Waals surface area contributed by atoms with E-state index in [1.807, 2.05) is 11.9 Å². The average molecular weight is 280 g/mol. The Morgan fingerprint density at radius 3 is 2.15 bits per heavy atom. The van der Waals surface area contributed by atoms with Gasteiger partial charge >= 0.3 is 0 Å². The van der Waals surface area contributed by atoms with Gasteiger partial charge in [0.1, 0.15) is 0 Å². The molecule has 0 saturated heterocycles. The fourth-order valence-electron chi connectivity index (χ4n) is 3.93. The van der Waals surface area contributed by atoms with Crippen molar-refractivity contribution in [1.82, 2.24) is 4.90 Å². The van der Waals surface area contributed by atoms with Crippen LogP contribution in [0, 0.1) is 17.8 Å². The van der Waals surface area contributed by atoms with Crippen molar-refractivity contribution in [1.29, 1.82) is 0 Å². The lowest BCUT2D eigenvalue weighted by Crippen LogP contribution is -2.34. The molecule has 0 aliphatic heterocycles. The molecular formula is C17H32N2O. The summed E-state index contributed by atoms with van der Waals surface area (Å²) < 4.78 is 0. The molecule has 2 aliphatic rings. The highest BCUT2D eigenvalue weighted by Crippen LogP contribution is 2.31. The molecule has 0 bridgehead atoms. The monoisotopic (exact) mass is 280 g/mol. The molecular weight excluding hydrogens is 248 g/mol. The van der Waals surface area contributed by atoms with Gasteiger partial charge in [0, 0.05) is 20.0 Å². The molecule has 116 valence electrons. The molecule has 0 spiro atoms. The standard InChI is InChI=1S/C17H32N2O/c1-19(13-16-5-3-2-4-6-16)17(20)11-14-7-9-15(12-18)10-8-14/h14-16H,2-13,18H2,1H3. The Bertz CT molecular complexity index is 291. The van der Waals surface area contributed by atoms with E-state index in [-0.39, 0.29) is 0 Å². The minimum Gasteiger partial charge on any atom is -0.345 e. The Morgan fingerprint density at radius 1 is 0.950 bits per heavy atom. The van der Waals surface area contributed by atoms with Crippen LogP contribution in [0.3, 0.4) is 0 Å². The molecule has 3 heteroatoms. The lowest BCUT2D eigenvalue weighted by atomic mass is 9.80. The second-order valence-electron chi connectivity index (χ2n) is 7.10. The van der Waals surface area contributed by atoms with Gasteiger partial charge in [0.2, 0.25) is 5.91 Å². The molecule has 0 unspecified atom stereocenters. The molecule has 0 aromatic carbocycles. The molecule has 0 radical (unpaired) electrons. The summed E-state index contributed by atoms with van der Waals surface area (Å²) in [4.78, 5) is 14.3. The summed E-state index contributed by atoms with van der Waals surface area (Å²) in [5, 5.41) is 0. The van der Waals surface area contributed by atoms with Crippen LogP contribution in [-0.2, 0) is 4.79 Å². The molecule has 0 aromatic heterocycles. The summed E-state index contributed by atoms with van der Waals surface area (Å²) in [5.41, 5.74) is 5.73. The zero-order valence-corrected chi connectivity index (χ0v) is 13.2. The first-order valence-electron chi connectivity index (χ1n) is 8.63. The van der Waals surface area contributed by atoms with E-state index in [0.29, 0.717) is 17.7 Å². The summed E-state index contributed by atoms with van der Waals surface area (Å²) in [6, 6.07) is 0. The Morgan fingerprint density at radius 2 is 1.55 bits per heavy atom. The van der Waals surface area contributed by atoms with Crippen LogP contribution in [0.4, 0.5) is 0 Å². The molecule has 2 N–H and O–H groups in total. The van der Waals surface area contributed by atoms with Gasteiger partial charge < -0.3 is 10.6 Å². The predicted molar refractivity (Wildman–Crippen MR) is 83.3 cm³/mol. The third-order valence-corrected chi connectivity index (χ3v) is 5.45. The van der Waals surface area contributed by atoms with Gasteiger partial charge in [0.05, 0.1) is 0 Å². The Balaban J connectivity index is 1.68. The van der Waals surface area contributed by atoms with E-state index in [2.05, 4.69) is 0 Å². The fourth-order valence-corrected chi connectivity index (χ4v) is 3.93. The molecule has 0 atom stereocenters. The maximum Gasteiger partial charge on any atom is 0.222 e. The van der Waals surface area contributed by atoms with Crippen molar-refractivity contribution >= 4 is 5.91 Å². The van der Waals surface area contributed by atoms with Crippen molar-refractivity contribution in [3.05, 3.63) is 0 Å². The molecule has 20 heavy (non-hydrogen) atoms. The van der Waals surface area contributed by atoms with Crippen LogP contribution in [0.5, 0.6) is 0 Å². The molecule has 3 nitrogen and oxygen atoms in total. The van der Waals surface area contributed by atoms with Crippen LogP contribution in [0.25, 0.3) is 0 Å². The molecule has 0 aromatic rings. The number of hydrogen-bond donors (Lipinski definition) is 1. The average Bonchev–Trinajstić information content (AvgIpc) is 2.49. The van der Waals surface area contributed by atoms with Gasteiger partial charge in [0.25, 0.3) is 0 Å². The molecule has 2 saturated carbocycles. The topological polar surface area (TPSA) is 46.3 Å². The van der Waals surface area contributed by atoms with E-state index >= 15 is 0 Å². The summed E-state index contributed by atoms with van der Waals surface area (Å²) in [7, 11) is 2.00. The quantitative estimate of drug-likeness (QED) is 0.840. The summed E-state index contributed by atoms with van der Waals surface area (Å²) in [5.74, 6) is 2.44. The Hall–Kier alpha value is -0.570. The summed E-state index contributed by atoms with van der Waals surface area (Å²) in [6.07, 6.45) is 12.3. The second kappa shape index (κ2) is 8.02. The van der Waals surface area contributed by atoms with Crippen molar-refractivity contribution in [3.8, 4) is 0 Å². The second-order valence-corrected chi connectivity index (χ2v) is 7.10. The molecule has 2 fully saturated rings. The molecule has 2 rings (SSSR count). The maximum absolute atomic E-state index is 12.3. The number of amides is 1. The number of rotatable bonds is 5. The predicted octanol–water partition coefficient (Wildman–Crippen LogP) is 3.18. The highest BCUT2D eigenvalue weighted by atomic mass is 16.2. The van der Waals surface area contributed by atoms with E-state index in [0.717, 1.165) is 25.4 Å². The normalized spacial score (nSPS) is 28.3. The van der Waals surface area contributed by atoms with E-state index < -0.39 is 0 Å². The Labute approximate surface area is 124 Å². The molecule has 1 amide bonds. The first-order chi connectivity index (χ1) is 9.69. The fraction of sp³-hybridized carbons (Fsp3) is 0.941. The SMILES string of the molecule is CN(CC1CCCCC1)C(=O)CC1CCC(CN)CC1. The van der Waals surface area contributed by atoms with Gasteiger partial charge in [-0.15, -0.1) is 0 Å². The zero-order valence-electron chi connectivity index (χ0n) is 13.2. The van der Waals surface area contributed by atoms with Crippen LogP contribution < -0.4 is 5.73 Å². The van der Waals surface area contributed by atoms with E-state index in [9.17, 15) is 4.79 Å². The molecule has 0 heterocycles. The van der Waals surface area contributed by atoms with Gasteiger partial charge in [-0.3, -0.25) is 4.79 Å². The first kappa shape index (κ1) is 15.8. The van der Waals surface area contributed by atoms with Gasteiger partial charge in [-0.05, 0) is 62.8 Å². The molecule has 2 aliphatic carbocycles. The number of nitrogens with two attached hydrogens (primary N) is 1. The van der Waals surface area contributed by atoms with Crippen molar-refractivity contribution < 1.29 is 4.79 Å². The minimum absolute atomic E-state index is 0.367. The number of nitrogens with zero attached hydrogens (tertiary/aromatic N) is 1. The number of hydrogen-bond acceptors (Lipinski definition) is 2. The Kier molecular flexibility index (Phi) is 6.34. The van der Waals surface area contributed by atoms with Crippen molar-refractivity contribution in [3.63, 3.8) is 0 Å². The van der Waals surface area contributed by atoms with Crippen molar-refractivity contribution in [2.45, 2.75) is 64.2 Å². The van der Waals surface area contributed by atoms with Crippen LogP contribution in [0.1, 0.15) is 64.2 Å². The van der Waals surface area contributed by atoms with E-state index in [1.165, 1.54) is 57.8 Å². The number of carbonyl (C=O) groups is 1. The smallest absolute Gasteiger partial charge is 0.222 e. The van der Waals surface area contributed by atoms with Crippen LogP contribution in [-0.4, -0.2) is 30.9 Å². The third kappa shape index (κ3) is 4.76. The first-order valence-corrected chi connectivity index (χ1v) is 8.63.